The molecule has 7 heteroatoms. The molecule has 7 nitrogen and oxygen atoms in total. The van der Waals surface area contributed by atoms with Crippen LogP contribution in [-0.2, 0) is 6.42 Å². The second kappa shape index (κ2) is 6.56. The zero-order valence-corrected chi connectivity index (χ0v) is 17.4. The van der Waals surface area contributed by atoms with E-state index >= 15 is 0 Å². The van der Waals surface area contributed by atoms with Crippen molar-refractivity contribution in [3.8, 4) is 0 Å². The van der Waals surface area contributed by atoms with Crippen molar-refractivity contribution in [3.05, 3.63) is 89.5 Å². The van der Waals surface area contributed by atoms with Gasteiger partial charge in [-0.05, 0) is 42.5 Å². The number of carbonyl (C=O) groups is 1. The van der Waals surface area contributed by atoms with Gasteiger partial charge in [0, 0.05) is 30.2 Å². The Kier molecular flexibility index (Phi) is 3.64. The van der Waals surface area contributed by atoms with Gasteiger partial charge in [-0.25, -0.2) is 9.50 Å². The van der Waals surface area contributed by atoms with E-state index in [0.717, 1.165) is 40.1 Å². The summed E-state index contributed by atoms with van der Waals surface area (Å²) in [5.41, 5.74) is 5.42. The van der Waals surface area contributed by atoms with Crippen molar-refractivity contribution in [1.82, 2.24) is 24.5 Å². The molecule has 5 aromatic rings. The highest BCUT2D eigenvalue weighted by Gasteiger charge is 2.37. The maximum Gasteiger partial charge on any atom is 0.258 e. The lowest BCUT2D eigenvalue weighted by Crippen LogP contribution is -2.40. The molecule has 0 radical (unpaired) electrons. The average molecular weight is 423 g/mol. The molecule has 1 N–H and O–H groups in total. The average Bonchev–Trinajstić information content (AvgIpc) is 3.22. The van der Waals surface area contributed by atoms with Crippen LogP contribution in [0.4, 0.5) is 0 Å². The van der Waals surface area contributed by atoms with Gasteiger partial charge >= 0.3 is 0 Å². The Bertz CT molecular complexity index is 1460. The molecular formula is C25H21N5O2. The van der Waals surface area contributed by atoms with Gasteiger partial charge in [0.2, 0.25) is 0 Å². The summed E-state index contributed by atoms with van der Waals surface area (Å²) in [7, 11) is 0. The second-order valence-electron chi connectivity index (χ2n) is 8.73. The molecule has 158 valence electrons. The molecule has 1 aliphatic heterocycles. The summed E-state index contributed by atoms with van der Waals surface area (Å²) >= 11 is 0. The predicted molar refractivity (Wildman–Crippen MR) is 119 cm³/mol. The van der Waals surface area contributed by atoms with Crippen LogP contribution in [0, 0.1) is 0 Å². The number of nitrogens with one attached hydrogen (secondary N) is 1. The number of hydrogen-bond acceptors (Lipinski definition) is 4. The molecule has 32 heavy (non-hydrogen) atoms. The largest absolute Gasteiger partial charge is 0.458 e. The number of carbonyl (C=O) groups excluding carboxylic acids is 1. The number of H-pyrrole nitrogens is 1. The Morgan fingerprint density at radius 2 is 2.06 bits per heavy atom. The molecule has 4 aromatic heterocycles. The summed E-state index contributed by atoms with van der Waals surface area (Å²) in [5.74, 6) is 1.30. The normalized spacial score (nSPS) is 18.4. The first-order valence-electron chi connectivity index (χ1n) is 11.0. The number of nitrogens with zero attached hydrogens (tertiary/aromatic N) is 4. The lowest BCUT2D eigenvalue weighted by molar-refractivity contribution is 0.0675. The summed E-state index contributed by atoms with van der Waals surface area (Å²) in [4.78, 5) is 23.5. The van der Waals surface area contributed by atoms with Gasteiger partial charge in [-0.3, -0.25) is 4.79 Å². The highest BCUT2D eigenvalue weighted by molar-refractivity contribution is 6.01. The van der Waals surface area contributed by atoms with Crippen molar-refractivity contribution in [3.63, 3.8) is 0 Å². The smallest absolute Gasteiger partial charge is 0.258 e. The summed E-state index contributed by atoms with van der Waals surface area (Å²) in [5, 5.41) is 5.51. The summed E-state index contributed by atoms with van der Waals surface area (Å²) < 4.78 is 8.03. The zero-order chi connectivity index (χ0) is 21.2. The maximum absolute atomic E-state index is 13.8. The van der Waals surface area contributed by atoms with Gasteiger partial charge in [0.1, 0.15) is 17.4 Å². The Balaban J connectivity index is 1.32. The molecule has 1 fully saturated rings. The van der Waals surface area contributed by atoms with Gasteiger partial charge in [-0.1, -0.05) is 24.3 Å². The van der Waals surface area contributed by atoms with Crippen LogP contribution in [0.15, 0.2) is 65.6 Å². The third-order valence-corrected chi connectivity index (χ3v) is 6.72. The summed E-state index contributed by atoms with van der Waals surface area (Å²) in [6, 6.07) is 13.7. The molecule has 1 aromatic carbocycles. The number of benzene rings is 1. The molecule has 0 saturated heterocycles. The number of aromatic amines is 1. The van der Waals surface area contributed by atoms with Gasteiger partial charge < -0.3 is 14.3 Å². The first-order valence-corrected chi connectivity index (χ1v) is 11.0. The Labute approximate surface area is 183 Å². The topological polar surface area (TPSA) is 79.4 Å². The van der Waals surface area contributed by atoms with E-state index in [4.69, 9.17) is 4.42 Å². The number of rotatable bonds is 3. The molecule has 0 unspecified atom stereocenters. The molecule has 7 rings (SSSR count). The molecule has 1 saturated carbocycles. The Morgan fingerprint density at radius 1 is 1.16 bits per heavy atom. The molecule has 5 heterocycles. The Hall–Kier alpha value is -3.87. The zero-order valence-electron chi connectivity index (χ0n) is 17.4. The molecule has 2 aliphatic rings. The third-order valence-electron chi connectivity index (χ3n) is 6.72. The Morgan fingerprint density at radius 3 is 2.94 bits per heavy atom. The number of imidazole rings is 1. The minimum atomic E-state index is -0.384. The predicted octanol–water partition coefficient (Wildman–Crippen LogP) is 4.47. The monoisotopic (exact) mass is 423 g/mol. The van der Waals surface area contributed by atoms with Gasteiger partial charge in [0.15, 0.2) is 0 Å². The van der Waals surface area contributed by atoms with Crippen molar-refractivity contribution in [2.75, 3.05) is 6.54 Å². The van der Waals surface area contributed by atoms with E-state index in [0.29, 0.717) is 18.0 Å². The fraction of sp³-hybridized carbons (Fsp3) is 0.240. The maximum atomic E-state index is 13.8. The number of para-hydroxylation sites is 1. The summed E-state index contributed by atoms with van der Waals surface area (Å²) in [6.07, 6.45) is 8.63. The van der Waals surface area contributed by atoms with E-state index in [9.17, 15) is 4.79 Å². The lowest BCUT2D eigenvalue weighted by Gasteiger charge is -2.33. The minimum Gasteiger partial charge on any atom is -0.458 e. The van der Waals surface area contributed by atoms with Crippen LogP contribution in [0.25, 0.3) is 16.5 Å². The van der Waals surface area contributed by atoms with E-state index in [1.54, 1.807) is 12.5 Å². The van der Waals surface area contributed by atoms with Gasteiger partial charge in [-0.15, -0.1) is 0 Å². The minimum absolute atomic E-state index is 0.0571. The van der Waals surface area contributed by atoms with E-state index in [1.807, 2.05) is 45.8 Å². The van der Waals surface area contributed by atoms with Crippen LogP contribution in [0.2, 0.25) is 0 Å². The number of aromatic nitrogens is 4. The van der Waals surface area contributed by atoms with Crippen molar-refractivity contribution in [2.45, 2.75) is 31.2 Å². The van der Waals surface area contributed by atoms with E-state index in [2.05, 4.69) is 27.3 Å². The van der Waals surface area contributed by atoms with Gasteiger partial charge in [-0.2, -0.15) is 5.10 Å². The van der Waals surface area contributed by atoms with Gasteiger partial charge in [0.25, 0.3) is 5.91 Å². The SMILES string of the molecule is O=C(c1cnn2cc(C3CC3)ccc12)N1CCc2[nH]cnc2[C@H]1c1cc2ccccc2o1. The van der Waals surface area contributed by atoms with Crippen LogP contribution in [0.1, 0.15) is 57.9 Å². The van der Waals surface area contributed by atoms with Crippen molar-refractivity contribution >= 4 is 22.4 Å². The second-order valence-corrected chi connectivity index (χ2v) is 8.73. The molecule has 1 atom stereocenters. The molecule has 1 amide bonds. The van der Waals surface area contributed by atoms with Crippen LogP contribution >= 0.6 is 0 Å². The van der Waals surface area contributed by atoms with E-state index in [-0.39, 0.29) is 11.9 Å². The number of amides is 1. The van der Waals surface area contributed by atoms with Crippen molar-refractivity contribution in [1.29, 1.82) is 0 Å². The fourth-order valence-corrected chi connectivity index (χ4v) is 4.90. The molecule has 1 aliphatic carbocycles. The molecular weight excluding hydrogens is 402 g/mol. The van der Waals surface area contributed by atoms with Crippen LogP contribution in [0.3, 0.4) is 0 Å². The highest BCUT2D eigenvalue weighted by Crippen LogP contribution is 2.40. The first-order chi connectivity index (χ1) is 15.8. The quantitative estimate of drug-likeness (QED) is 0.464. The molecule has 0 spiro atoms. The van der Waals surface area contributed by atoms with Crippen molar-refractivity contribution < 1.29 is 9.21 Å². The number of pyridine rings is 1. The van der Waals surface area contributed by atoms with Gasteiger partial charge in [0.05, 0.1) is 29.3 Å². The third kappa shape index (κ3) is 2.64. The van der Waals surface area contributed by atoms with Crippen LogP contribution in [-0.4, -0.2) is 36.9 Å². The highest BCUT2D eigenvalue weighted by atomic mass is 16.3. The molecule has 0 bridgehead atoms. The fourth-order valence-electron chi connectivity index (χ4n) is 4.90. The standard InChI is InChI=1S/C25H21N5O2/c31-25(18-12-28-30-13-17(15-5-6-15)7-8-20(18)30)29-10-9-19-23(27-14-26-19)24(29)22-11-16-3-1-2-4-21(16)32-22/h1-4,7-8,11-15,24H,5-6,9-10H2,(H,26,27)/t24-/m1/s1. The summed E-state index contributed by atoms with van der Waals surface area (Å²) in [6.45, 7) is 0.577. The number of hydrogen-bond donors (Lipinski definition) is 1. The number of furan rings is 1. The van der Waals surface area contributed by atoms with Crippen LogP contribution in [0.5, 0.6) is 0 Å². The van der Waals surface area contributed by atoms with E-state index < -0.39 is 0 Å². The van der Waals surface area contributed by atoms with Crippen molar-refractivity contribution in [2.24, 2.45) is 0 Å². The lowest BCUT2D eigenvalue weighted by atomic mass is 9.99. The van der Waals surface area contributed by atoms with E-state index in [1.165, 1.54) is 18.4 Å². The number of fused-ring (bicyclic) bond motifs is 3. The first kappa shape index (κ1) is 17.8. The van der Waals surface area contributed by atoms with Crippen LogP contribution < -0.4 is 0 Å².